The first-order chi connectivity index (χ1) is 16.7. The Kier molecular flexibility index (Phi) is 22.4. The molecular formula is C27H57NO6P+. The summed E-state index contributed by atoms with van der Waals surface area (Å²) in [7, 11) is 1.80. The van der Waals surface area contributed by atoms with Crippen molar-refractivity contribution in [1.29, 1.82) is 0 Å². The van der Waals surface area contributed by atoms with Crippen LogP contribution in [0.4, 0.5) is 0 Å². The minimum Gasteiger partial charge on any atom is -0.463 e. The second-order valence-electron chi connectivity index (χ2n) is 10.8. The van der Waals surface area contributed by atoms with Crippen molar-refractivity contribution in [3.63, 3.8) is 0 Å². The summed E-state index contributed by atoms with van der Waals surface area (Å²) in [6.45, 7) is 2.79. The average molecular weight is 523 g/mol. The highest BCUT2D eigenvalue weighted by molar-refractivity contribution is 7.47. The summed E-state index contributed by atoms with van der Waals surface area (Å²) in [5.74, 6) is -0.284. The van der Waals surface area contributed by atoms with Crippen molar-refractivity contribution in [2.45, 2.75) is 122 Å². The summed E-state index contributed by atoms with van der Waals surface area (Å²) in [6.07, 6.45) is 22.6. The summed E-state index contributed by atoms with van der Waals surface area (Å²) in [5.41, 5.74) is 0. The third-order valence-corrected chi connectivity index (χ3v) is 7.12. The second kappa shape index (κ2) is 22.7. The van der Waals surface area contributed by atoms with Gasteiger partial charge in [0.1, 0.15) is 19.8 Å². The molecule has 0 saturated heterocycles. The van der Waals surface area contributed by atoms with E-state index in [0.717, 1.165) is 19.3 Å². The van der Waals surface area contributed by atoms with E-state index in [9.17, 15) is 14.3 Å². The Balaban J connectivity index is 3.37. The molecule has 8 heteroatoms. The van der Waals surface area contributed by atoms with E-state index in [-0.39, 0.29) is 25.8 Å². The van der Waals surface area contributed by atoms with Crippen LogP contribution in [0.2, 0.25) is 0 Å². The third kappa shape index (κ3) is 28.0. The average Bonchev–Trinajstić information content (AvgIpc) is 2.77. The summed E-state index contributed by atoms with van der Waals surface area (Å²) >= 11 is 0. The molecule has 0 bridgehead atoms. The van der Waals surface area contributed by atoms with E-state index < -0.39 is 7.82 Å². The fourth-order valence-electron chi connectivity index (χ4n) is 3.84. The Morgan fingerprint density at radius 3 is 1.49 bits per heavy atom. The predicted octanol–water partition coefficient (Wildman–Crippen LogP) is 7.41. The standard InChI is InChI=1S/C27H56NO6P/c1-5-6-7-8-9-10-11-12-13-14-15-16-17-18-19-20-21-22-27(29)32-25-26-34-35(30,31)33-24-23-28(2,3)4/h5-26H2,1-4H3/p+1. The van der Waals surface area contributed by atoms with E-state index in [0.29, 0.717) is 17.4 Å². The highest BCUT2D eigenvalue weighted by atomic mass is 31.2. The molecule has 0 rings (SSSR count). The van der Waals surface area contributed by atoms with Gasteiger partial charge in [-0.2, -0.15) is 0 Å². The monoisotopic (exact) mass is 522 g/mol. The minimum atomic E-state index is -4.10. The Hall–Kier alpha value is -0.460. The smallest absolute Gasteiger partial charge is 0.463 e. The van der Waals surface area contributed by atoms with Crippen molar-refractivity contribution in [3.8, 4) is 0 Å². The Labute approximate surface area is 216 Å². The van der Waals surface area contributed by atoms with E-state index in [1.807, 2.05) is 21.1 Å². The molecule has 0 aliphatic heterocycles. The molecule has 0 aromatic heterocycles. The maximum absolute atomic E-state index is 11.8. The van der Waals surface area contributed by atoms with Crippen LogP contribution in [0.15, 0.2) is 0 Å². The predicted molar refractivity (Wildman–Crippen MR) is 144 cm³/mol. The quantitative estimate of drug-likeness (QED) is 0.0551. The molecule has 7 nitrogen and oxygen atoms in total. The van der Waals surface area contributed by atoms with Crippen LogP contribution in [0, 0.1) is 0 Å². The maximum Gasteiger partial charge on any atom is 0.472 e. The fraction of sp³-hybridized carbons (Fsp3) is 0.963. The molecule has 0 amide bonds. The van der Waals surface area contributed by atoms with Gasteiger partial charge in [0.25, 0.3) is 0 Å². The van der Waals surface area contributed by atoms with Gasteiger partial charge in [0.05, 0.1) is 27.7 Å². The highest BCUT2D eigenvalue weighted by Crippen LogP contribution is 2.42. The molecule has 35 heavy (non-hydrogen) atoms. The molecule has 0 spiro atoms. The molecule has 1 atom stereocenters. The van der Waals surface area contributed by atoms with Crippen molar-refractivity contribution in [3.05, 3.63) is 0 Å². The number of rotatable bonds is 26. The molecule has 0 aliphatic carbocycles. The van der Waals surface area contributed by atoms with Gasteiger partial charge in [-0.25, -0.2) is 4.57 Å². The van der Waals surface area contributed by atoms with E-state index in [4.69, 9.17) is 13.8 Å². The molecule has 0 radical (unpaired) electrons. The largest absolute Gasteiger partial charge is 0.472 e. The number of hydrogen-bond donors (Lipinski definition) is 1. The zero-order valence-corrected chi connectivity index (χ0v) is 24.3. The Bertz CT molecular complexity index is 538. The molecule has 0 heterocycles. The van der Waals surface area contributed by atoms with E-state index >= 15 is 0 Å². The number of ether oxygens (including phenoxy) is 1. The maximum atomic E-state index is 11.8. The zero-order chi connectivity index (χ0) is 26.3. The summed E-state index contributed by atoms with van der Waals surface area (Å²) in [4.78, 5) is 21.4. The van der Waals surface area contributed by atoms with Crippen LogP contribution in [0.5, 0.6) is 0 Å². The van der Waals surface area contributed by atoms with Crippen molar-refractivity contribution in [2.24, 2.45) is 0 Å². The number of esters is 1. The Morgan fingerprint density at radius 2 is 1.06 bits per heavy atom. The lowest BCUT2D eigenvalue weighted by Gasteiger charge is -2.23. The van der Waals surface area contributed by atoms with Gasteiger partial charge in [-0.15, -0.1) is 0 Å². The van der Waals surface area contributed by atoms with Gasteiger partial charge in [-0.05, 0) is 6.42 Å². The molecule has 0 fully saturated rings. The van der Waals surface area contributed by atoms with Crippen molar-refractivity contribution < 1.29 is 32.5 Å². The number of carbonyl (C=O) groups is 1. The second-order valence-corrected chi connectivity index (χ2v) is 12.2. The number of phosphoric ester groups is 1. The first kappa shape index (κ1) is 34.5. The highest BCUT2D eigenvalue weighted by Gasteiger charge is 2.22. The molecule has 1 N–H and O–H groups in total. The number of quaternary nitrogens is 1. The minimum absolute atomic E-state index is 0.0406. The number of hydrogen-bond acceptors (Lipinski definition) is 5. The first-order valence-electron chi connectivity index (χ1n) is 14.2. The number of phosphoric acid groups is 1. The molecule has 210 valence electrons. The number of carbonyl (C=O) groups excluding carboxylic acids is 1. The van der Waals surface area contributed by atoms with Crippen LogP contribution in [-0.4, -0.2) is 62.9 Å². The summed E-state index contributed by atoms with van der Waals surface area (Å²) in [5, 5.41) is 0. The van der Waals surface area contributed by atoms with Gasteiger partial charge in [-0.1, -0.05) is 110 Å². The fourth-order valence-corrected chi connectivity index (χ4v) is 4.53. The van der Waals surface area contributed by atoms with Crippen LogP contribution in [-0.2, 0) is 23.1 Å². The molecule has 0 saturated carbocycles. The van der Waals surface area contributed by atoms with Crippen LogP contribution >= 0.6 is 7.82 Å². The number of unbranched alkanes of at least 4 members (excludes halogenated alkanes) is 16. The first-order valence-corrected chi connectivity index (χ1v) is 15.7. The van der Waals surface area contributed by atoms with Crippen LogP contribution in [0.25, 0.3) is 0 Å². The molecule has 0 aromatic rings. The van der Waals surface area contributed by atoms with Gasteiger partial charge in [0.15, 0.2) is 0 Å². The van der Waals surface area contributed by atoms with Gasteiger partial charge < -0.3 is 14.1 Å². The lowest BCUT2D eigenvalue weighted by molar-refractivity contribution is -0.870. The van der Waals surface area contributed by atoms with Crippen LogP contribution < -0.4 is 0 Å². The van der Waals surface area contributed by atoms with Gasteiger partial charge >= 0.3 is 13.8 Å². The van der Waals surface area contributed by atoms with Crippen LogP contribution in [0.1, 0.15) is 122 Å². The van der Waals surface area contributed by atoms with Crippen molar-refractivity contribution in [1.82, 2.24) is 0 Å². The van der Waals surface area contributed by atoms with Crippen molar-refractivity contribution >= 4 is 13.8 Å². The summed E-state index contributed by atoms with van der Waals surface area (Å²) in [6, 6.07) is 0. The number of nitrogens with zero attached hydrogens (tertiary/aromatic N) is 1. The summed E-state index contributed by atoms with van der Waals surface area (Å²) < 4.78 is 27.2. The normalized spacial score (nSPS) is 13.6. The van der Waals surface area contributed by atoms with Crippen molar-refractivity contribution in [2.75, 3.05) is 47.5 Å². The van der Waals surface area contributed by atoms with Crippen LogP contribution in [0.3, 0.4) is 0 Å². The van der Waals surface area contributed by atoms with Gasteiger partial charge in [0, 0.05) is 6.42 Å². The van der Waals surface area contributed by atoms with E-state index in [1.54, 1.807) is 0 Å². The van der Waals surface area contributed by atoms with E-state index in [1.165, 1.54) is 89.9 Å². The van der Waals surface area contributed by atoms with E-state index in [2.05, 4.69) is 6.92 Å². The molecular weight excluding hydrogens is 465 g/mol. The lowest BCUT2D eigenvalue weighted by Crippen LogP contribution is -2.37. The topological polar surface area (TPSA) is 82.1 Å². The Morgan fingerprint density at radius 1 is 0.657 bits per heavy atom. The van der Waals surface area contributed by atoms with Gasteiger partial charge in [0.2, 0.25) is 0 Å². The van der Waals surface area contributed by atoms with Gasteiger partial charge in [-0.3, -0.25) is 13.8 Å². The molecule has 1 unspecified atom stereocenters. The SMILES string of the molecule is CCCCCCCCCCCCCCCCCCCC(=O)OCCOP(=O)(O)OCC[N+](C)(C)C. The third-order valence-electron chi connectivity index (χ3n) is 6.10. The zero-order valence-electron chi connectivity index (χ0n) is 23.4. The molecule has 0 aliphatic rings. The number of likely N-dealkylation sites (N-methyl/N-ethyl adjacent to an activating group) is 1. The lowest BCUT2D eigenvalue weighted by atomic mass is 10.0. The molecule has 0 aromatic carbocycles.